The van der Waals surface area contributed by atoms with Gasteiger partial charge in [-0.2, -0.15) is 9.40 Å². The average molecular weight is 390 g/mol. The first kappa shape index (κ1) is 19.2. The molecule has 0 radical (unpaired) electrons. The normalized spacial score (nSPS) is 15.9. The number of H-pyrrole nitrogens is 1. The van der Waals surface area contributed by atoms with Crippen LogP contribution in [0.4, 0.5) is 0 Å². The minimum Gasteiger partial charge on any atom is -0.335 e. The Hall–Kier alpha value is -2.52. The lowest BCUT2D eigenvalue weighted by molar-refractivity contribution is 0.0690. The fourth-order valence-corrected chi connectivity index (χ4v) is 4.35. The minimum absolute atomic E-state index is 0.134. The lowest BCUT2D eigenvalue weighted by Gasteiger charge is -2.33. The summed E-state index contributed by atoms with van der Waals surface area (Å²) in [6, 6.07) is 9.53. The molecule has 2 aromatic rings. The molecule has 9 heteroatoms. The Labute approximate surface area is 157 Å². The zero-order valence-corrected chi connectivity index (χ0v) is 16.1. The Kier molecular flexibility index (Phi) is 5.43. The van der Waals surface area contributed by atoms with Gasteiger partial charge in [0.05, 0.1) is 4.90 Å². The molecule has 1 aliphatic heterocycles. The third-order valence-corrected chi connectivity index (χ3v) is 6.52. The number of hydrogen-bond donors (Lipinski definition) is 1. The van der Waals surface area contributed by atoms with Crippen LogP contribution in [0, 0.1) is 0 Å². The third-order valence-electron chi connectivity index (χ3n) is 4.61. The third kappa shape index (κ3) is 4.09. The monoisotopic (exact) mass is 390 g/mol. The number of piperazine rings is 1. The molecule has 27 heavy (non-hydrogen) atoms. The average Bonchev–Trinajstić information content (AvgIpc) is 2.68. The Balaban J connectivity index is 1.68. The van der Waals surface area contributed by atoms with Crippen LogP contribution in [0.25, 0.3) is 0 Å². The predicted molar refractivity (Wildman–Crippen MR) is 100 cm³/mol. The highest BCUT2D eigenvalue weighted by Gasteiger charge is 2.30. The van der Waals surface area contributed by atoms with Crippen LogP contribution in [0.15, 0.2) is 46.1 Å². The van der Waals surface area contributed by atoms with Crippen LogP contribution in [0.5, 0.6) is 0 Å². The fraction of sp³-hybridized carbons (Fsp3) is 0.389. The standard InChI is InChI=1S/C18H22N4O4S/c1-13(2)14-3-5-15(6-4-14)27(25,26)22-11-9-21(10-12-22)18(24)16-7-8-17(23)20-19-16/h3-8,13H,9-12H2,1-2H3,(H,20,23). The van der Waals surface area contributed by atoms with E-state index < -0.39 is 10.0 Å². The molecule has 1 amide bonds. The topological polar surface area (TPSA) is 103 Å². The maximum atomic E-state index is 12.8. The Morgan fingerprint density at radius 2 is 1.67 bits per heavy atom. The Morgan fingerprint density at radius 3 is 2.19 bits per heavy atom. The maximum Gasteiger partial charge on any atom is 0.274 e. The number of aromatic nitrogens is 2. The molecule has 1 fully saturated rings. The van der Waals surface area contributed by atoms with Crippen molar-refractivity contribution in [1.29, 1.82) is 0 Å². The molecule has 144 valence electrons. The van der Waals surface area contributed by atoms with Crippen LogP contribution in [-0.2, 0) is 10.0 Å². The highest BCUT2D eigenvalue weighted by molar-refractivity contribution is 7.89. The number of nitrogens with one attached hydrogen (secondary N) is 1. The SMILES string of the molecule is CC(C)c1ccc(S(=O)(=O)N2CCN(C(=O)c3ccc(=O)[nH]n3)CC2)cc1. The van der Waals surface area contributed by atoms with Crippen molar-refractivity contribution in [3.05, 3.63) is 58.0 Å². The van der Waals surface area contributed by atoms with E-state index in [1.165, 1.54) is 21.3 Å². The molecular weight excluding hydrogens is 368 g/mol. The molecule has 8 nitrogen and oxygen atoms in total. The highest BCUT2D eigenvalue weighted by Crippen LogP contribution is 2.21. The molecule has 0 aliphatic carbocycles. The molecule has 1 aromatic carbocycles. The summed E-state index contributed by atoms with van der Waals surface area (Å²) in [4.78, 5) is 25.3. The van der Waals surface area contributed by atoms with E-state index in [1.807, 2.05) is 12.1 Å². The van der Waals surface area contributed by atoms with E-state index in [0.717, 1.165) is 5.56 Å². The van der Waals surface area contributed by atoms with Crippen molar-refractivity contribution in [3.63, 3.8) is 0 Å². The molecule has 3 rings (SSSR count). The molecule has 0 atom stereocenters. The van der Waals surface area contributed by atoms with E-state index >= 15 is 0 Å². The maximum absolute atomic E-state index is 12.8. The van der Waals surface area contributed by atoms with Gasteiger partial charge in [-0.3, -0.25) is 9.59 Å². The number of sulfonamides is 1. The summed E-state index contributed by atoms with van der Waals surface area (Å²) < 4.78 is 27.0. The van der Waals surface area contributed by atoms with Crippen molar-refractivity contribution in [3.8, 4) is 0 Å². The number of carbonyl (C=O) groups is 1. The first-order valence-corrected chi connectivity index (χ1v) is 10.2. The Morgan fingerprint density at radius 1 is 1.04 bits per heavy atom. The zero-order valence-electron chi connectivity index (χ0n) is 15.3. The molecule has 0 bridgehead atoms. The number of carbonyl (C=O) groups excluding carboxylic acids is 1. The van der Waals surface area contributed by atoms with Crippen molar-refractivity contribution in [2.75, 3.05) is 26.2 Å². The summed E-state index contributed by atoms with van der Waals surface area (Å²) in [6.45, 7) is 5.06. The van der Waals surface area contributed by atoms with Crippen LogP contribution >= 0.6 is 0 Å². The first-order chi connectivity index (χ1) is 12.8. The van der Waals surface area contributed by atoms with Gasteiger partial charge >= 0.3 is 0 Å². The van der Waals surface area contributed by atoms with Gasteiger partial charge in [-0.05, 0) is 29.7 Å². The van der Waals surface area contributed by atoms with Gasteiger partial charge in [-0.1, -0.05) is 26.0 Å². The Bertz CT molecular complexity index is 955. The fourth-order valence-electron chi connectivity index (χ4n) is 2.93. The summed E-state index contributed by atoms with van der Waals surface area (Å²) in [5.41, 5.74) is 0.832. The predicted octanol–water partition coefficient (Wildman–Crippen LogP) is 1.04. The van der Waals surface area contributed by atoms with Gasteiger partial charge in [0.2, 0.25) is 10.0 Å². The van der Waals surface area contributed by atoms with Crippen molar-refractivity contribution >= 4 is 15.9 Å². The van der Waals surface area contributed by atoms with Gasteiger partial charge in [-0.25, -0.2) is 13.5 Å². The largest absolute Gasteiger partial charge is 0.335 e. The van der Waals surface area contributed by atoms with E-state index in [4.69, 9.17) is 0 Å². The van der Waals surface area contributed by atoms with Gasteiger partial charge in [0.1, 0.15) is 5.69 Å². The van der Waals surface area contributed by atoms with E-state index in [2.05, 4.69) is 24.0 Å². The number of aromatic amines is 1. The smallest absolute Gasteiger partial charge is 0.274 e. The van der Waals surface area contributed by atoms with Crippen LogP contribution in [0.1, 0.15) is 35.8 Å². The van der Waals surface area contributed by atoms with Crippen molar-refractivity contribution in [2.24, 2.45) is 0 Å². The molecule has 0 spiro atoms. The molecular formula is C18H22N4O4S. The highest BCUT2D eigenvalue weighted by atomic mass is 32.2. The number of hydrogen-bond acceptors (Lipinski definition) is 5. The second-order valence-electron chi connectivity index (χ2n) is 6.73. The summed E-state index contributed by atoms with van der Waals surface area (Å²) in [6.07, 6.45) is 0. The molecule has 1 saturated heterocycles. The zero-order chi connectivity index (χ0) is 19.6. The molecule has 1 aromatic heterocycles. The van der Waals surface area contributed by atoms with E-state index in [0.29, 0.717) is 5.92 Å². The molecule has 2 heterocycles. The number of benzene rings is 1. The lowest BCUT2D eigenvalue weighted by atomic mass is 10.0. The van der Waals surface area contributed by atoms with E-state index in [-0.39, 0.29) is 48.2 Å². The van der Waals surface area contributed by atoms with Gasteiger partial charge in [-0.15, -0.1) is 0 Å². The van der Waals surface area contributed by atoms with Gasteiger partial charge < -0.3 is 4.90 Å². The first-order valence-electron chi connectivity index (χ1n) is 8.74. The molecule has 1 N–H and O–H groups in total. The summed E-state index contributed by atoms with van der Waals surface area (Å²) >= 11 is 0. The van der Waals surface area contributed by atoms with Crippen LogP contribution in [-0.4, -0.2) is 59.9 Å². The van der Waals surface area contributed by atoms with Gasteiger partial charge in [0.15, 0.2) is 0 Å². The van der Waals surface area contributed by atoms with Gasteiger partial charge in [0, 0.05) is 32.2 Å². The summed E-state index contributed by atoms with van der Waals surface area (Å²) in [5, 5.41) is 5.96. The second kappa shape index (κ2) is 7.61. The summed E-state index contributed by atoms with van der Waals surface area (Å²) in [5.74, 6) is 0.00225. The van der Waals surface area contributed by atoms with E-state index in [9.17, 15) is 18.0 Å². The number of amides is 1. The van der Waals surface area contributed by atoms with Gasteiger partial charge in [0.25, 0.3) is 11.5 Å². The number of nitrogens with zero attached hydrogens (tertiary/aromatic N) is 3. The van der Waals surface area contributed by atoms with Crippen molar-refractivity contribution in [1.82, 2.24) is 19.4 Å². The minimum atomic E-state index is -3.59. The van der Waals surface area contributed by atoms with Crippen molar-refractivity contribution < 1.29 is 13.2 Å². The molecule has 1 aliphatic rings. The summed E-state index contributed by atoms with van der Waals surface area (Å²) in [7, 11) is -3.59. The number of rotatable bonds is 4. The quantitative estimate of drug-likeness (QED) is 0.840. The van der Waals surface area contributed by atoms with Crippen LogP contribution < -0.4 is 5.56 Å². The lowest BCUT2D eigenvalue weighted by Crippen LogP contribution is -2.50. The molecule has 0 saturated carbocycles. The van der Waals surface area contributed by atoms with Crippen LogP contribution in [0.3, 0.4) is 0 Å². The molecule has 0 unspecified atom stereocenters. The van der Waals surface area contributed by atoms with E-state index in [1.54, 1.807) is 12.1 Å². The van der Waals surface area contributed by atoms with Crippen LogP contribution in [0.2, 0.25) is 0 Å². The van der Waals surface area contributed by atoms with Crippen molar-refractivity contribution in [2.45, 2.75) is 24.7 Å². The second-order valence-corrected chi connectivity index (χ2v) is 8.66.